The molecule has 9 atom stereocenters. The van der Waals surface area contributed by atoms with Gasteiger partial charge in [-0.2, -0.15) is 0 Å². The highest BCUT2D eigenvalue weighted by molar-refractivity contribution is 5.36. The van der Waals surface area contributed by atoms with Gasteiger partial charge in [0.25, 0.3) is 0 Å². The van der Waals surface area contributed by atoms with Crippen molar-refractivity contribution in [2.24, 2.45) is 51.2 Å². The van der Waals surface area contributed by atoms with E-state index in [-0.39, 0.29) is 16.9 Å². The maximum absolute atomic E-state index is 11.0. The SMILES string of the molecule is C[C@@H]1CC[C@H]2CC[C@H]3C(=C[C@]4(C)CC[C@@]5(C)[C@H](O)CC(C)(C)[C@H]5[C@H]34)[C@]21C. The maximum atomic E-state index is 11.0. The highest BCUT2D eigenvalue weighted by atomic mass is 16.3. The summed E-state index contributed by atoms with van der Waals surface area (Å²) in [7, 11) is 0. The van der Waals surface area contributed by atoms with Gasteiger partial charge in [0.1, 0.15) is 0 Å². The molecule has 4 saturated carbocycles. The van der Waals surface area contributed by atoms with Crippen molar-refractivity contribution in [2.45, 2.75) is 92.6 Å². The second-order valence-corrected chi connectivity index (χ2v) is 12.5. The molecule has 0 aromatic rings. The first kappa shape index (κ1) is 17.8. The van der Waals surface area contributed by atoms with E-state index in [0.29, 0.717) is 16.7 Å². The summed E-state index contributed by atoms with van der Waals surface area (Å²) in [5, 5.41) is 11.0. The minimum Gasteiger partial charge on any atom is -0.393 e. The number of rotatable bonds is 0. The number of hydrogen-bond donors (Lipinski definition) is 1. The highest BCUT2D eigenvalue weighted by Crippen LogP contribution is 2.74. The summed E-state index contributed by atoms with van der Waals surface area (Å²) >= 11 is 0. The number of hydrogen-bond acceptors (Lipinski definition) is 1. The van der Waals surface area contributed by atoms with Crippen molar-refractivity contribution in [2.75, 3.05) is 0 Å². The van der Waals surface area contributed by atoms with Crippen LogP contribution in [0.1, 0.15) is 86.5 Å². The van der Waals surface area contributed by atoms with Crippen molar-refractivity contribution in [3.05, 3.63) is 11.6 Å². The number of aliphatic hydroxyl groups is 1. The van der Waals surface area contributed by atoms with Crippen molar-refractivity contribution >= 4 is 0 Å². The van der Waals surface area contributed by atoms with Gasteiger partial charge in [0.15, 0.2) is 0 Å². The molecule has 1 heteroatoms. The summed E-state index contributed by atoms with van der Waals surface area (Å²) in [6.07, 6.45) is 11.9. The maximum Gasteiger partial charge on any atom is 0.0601 e. The van der Waals surface area contributed by atoms with Crippen molar-refractivity contribution < 1.29 is 5.11 Å². The fraction of sp³-hybridized carbons (Fsp3) is 0.920. The van der Waals surface area contributed by atoms with Gasteiger partial charge in [-0.05, 0) is 96.2 Å². The fourth-order valence-corrected chi connectivity index (χ4v) is 9.47. The van der Waals surface area contributed by atoms with Crippen molar-refractivity contribution in [1.29, 1.82) is 0 Å². The molecule has 26 heavy (non-hydrogen) atoms. The van der Waals surface area contributed by atoms with E-state index in [1.807, 2.05) is 5.57 Å². The van der Waals surface area contributed by atoms with Crippen LogP contribution in [0.3, 0.4) is 0 Å². The van der Waals surface area contributed by atoms with Crippen LogP contribution in [0.25, 0.3) is 0 Å². The largest absolute Gasteiger partial charge is 0.393 e. The molecule has 1 nitrogen and oxygen atoms in total. The Kier molecular flexibility index (Phi) is 3.42. The molecule has 4 fully saturated rings. The van der Waals surface area contributed by atoms with E-state index in [9.17, 15) is 5.11 Å². The molecule has 0 aromatic heterocycles. The first-order valence-corrected chi connectivity index (χ1v) is 11.5. The molecule has 0 heterocycles. The summed E-state index contributed by atoms with van der Waals surface area (Å²) in [5.41, 5.74) is 3.10. The number of aliphatic hydroxyl groups excluding tert-OH is 1. The van der Waals surface area contributed by atoms with Crippen molar-refractivity contribution in [3.8, 4) is 0 Å². The van der Waals surface area contributed by atoms with Gasteiger partial charge in [0.05, 0.1) is 6.10 Å². The third-order valence-corrected chi connectivity index (χ3v) is 10.9. The lowest BCUT2D eigenvalue weighted by Crippen LogP contribution is -2.51. The molecular weight excluding hydrogens is 316 g/mol. The minimum absolute atomic E-state index is 0.103. The van der Waals surface area contributed by atoms with E-state index >= 15 is 0 Å². The van der Waals surface area contributed by atoms with Crippen LogP contribution >= 0.6 is 0 Å². The Morgan fingerprint density at radius 3 is 2.38 bits per heavy atom. The van der Waals surface area contributed by atoms with Gasteiger partial charge in [0.2, 0.25) is 0 Å². The Balaban J connectivity index is 1.62. The molecular formula is C25H40O. The first-order chi connectivity index (χ1) is 12.0. The first-order valence-electron chi connectivity index (χ1n) is 11.5. The van der Waals surface area contributed by atoms with E-state index in [2.05, 4.69) is 47.6 Å². The second-order valence-electron chi connectivity index (χ2n) is 12.5. The molecule has 0 aromatic carbocycles. The minimum atomic E-state index is -0.103. The standard InChI is InChI=1S/C25H40O/c1-15-7-8-16-9-10-17-18(25(15,16)6)13-23(4)11-12-24(5)19(26)14-22(2,3)21(24)20(17)23/h13,15-17,19-21,26H,7-12,14H2,1-6H3/t15-,16+,17+,19-,20+,21-,23+,24+,25+/m1/s1. The summed E-state index contributed by atoms with van der Waals surface area (Å²) in [5.74, 6) is 3.99. The molecule has 5 aliphatic carbocycles. The molecule has 0 saturated heterocycles. The summed E-state index contributed by atoms with van der Waals surface area (Å²) < 4.78 is 0. The van der Waals surface area contributed by atoms with E-state index in [0.717, 1.165) is 30.1 Å². The molecule has 1 N–H and O–H groups in total. The van der Waals surface area contributed by atoms with Gasteiger partial charge in [-0.1, -0.05) is 53.2 Å². The van der Waals surface area contributed by atoms with Gasteiger partial charge >= 0.3 is 0 Å². The van der Waals surface area contributed by atoms with Crippen LogP contribution in [0.2, 0.25) is 0 Å². The molecule has 0 radical (unpaired) electrons. The molecule has 0 unspecified atom stereocenters. The van der Waals surface area contributed by atoms with Crippen LogP contribution in [-0.4, -0.2) is 11.2 Å². The van der Waals surface area contributed by atoms with E-state index in [4.69, 9.17) is 0 Å². The van der Waals surface area contributed by atoms with Gasteiger partial charge in [-0.25, -0.2) is 0 Å². The second kappa shape index (κ2) is 5.00. The molecule has 5 rings (SSSR count). The third-order valence-electron chi connectivity index (χ3n) is 10.9. The van der Waals surface area contributed by atoms with Gasteiger partial charge in [-0.3, -0.25) is 0 Å². The third kappa shape index (κ3) is 1.88. The predicted molar refractivity (Wildman–Crippen MR) is 108 cm³/mol. The quantitative estimate of drug-likeness (QED) is 0.511. The average Bonchev–Trinajstić information content (AvgIpc) is 3.08. The van der Waals surface area contributed by atoms with Crippen molar-refractivity contribution in [1.82, 2.24) is 0 Å². The average molecular weight is 357 g/mol. The molecule has 0 bridgehead atoms. The smallest absolute Gasteiger partial charge is 0.0601 e. The van der Waals surface area contributed by atoms with Gasteiger partial charge < -0.3 is 5.11 Å². The number of fused-ring (bicyclic) bond motifs is 7. The van der Waals surface area contributed by atoms with Crippen LogP contribution in [-0.2, 0) is 0 Å². The Morgan fingerprint density at radius 1 is 0.962 bits per heavy atom. The van der Waals surface area contributed by atoms with Crippen LogP contribution in [0.15, 0.2) is 11.6 Å². The zero-order chi connectivity index (χ0) is 18.7. The lowest BCUT2D eigenvalue weighted by atomic mass is 9.48. The van der Waals surface area contributed by atoms with E-state index < -0.39 is 0 Å². The Bertz CT molecular complexity index is 661. The summed E-state index contributed by atoms with van der Waals surface area (Å²) in [4.78, 5) is 0. The van der Waals surface area contributed by atoms with Crippen LogP contribution in [0, 0.1) is 51.2 Å². The molecule has 0 spiro atoms. The highest BCUT2D eigenvalue weighted by Gasteiger charge is 2.68. The Morgan fingerprint density at radius 2 is 1.65 bits per heavy atom. The van der Waals surface area contributed by atoms with Crippen LogP contribution in [0.5, 0.6) is 0 Å². The van der Waals surface area contributed by atoms with Gasteiger partial charge in [-0.15, -0.1) is 0 Å². The molecule has 0 amide bonds. The molecule has 5 aliphatic rings. The zero-order valence-electron chi connectivity index (χ0n) is 17.9. The lowest BCUT2D eigenvalue weighted by Gasteiger charge is -2.56. The van der Waals surface area contributed by atoms with Gasteiger partial charge in [0, 0.05) is 0 Å². The Labute approximate surface area is 161 Å². The topological polar surface area (TPSA) is 20.2 Å². The molecule has 0 aliphatic heterocycles. The van der Waals surface area contributed by atoms with E-state index in [1.165, 1.54) is 38.5 Å². The van der Waals surface area contributed by atoms with Crippen molar-refractivity contribution in [3.63, 3.8) is 0 Å². The van der Waals surface area contributed by atoms with E-state index in [1.54, 1.807) is 0 Å². The Hall–Kier alpha value is -0.300. The zero-order valence-corrected chi connectivity index (χ0v) is 17.9. The fourth-order valence-electron chi connectivity index (χ4n) is 9.47. The number of allylic oxidation sites excluding steroid dienone is 2. The monoisotopic (exact) mass is 356 g/mol. The normalized spacial score (nSPS) is 60.0. The molecule has 146 valence electrons. The van der Waals surface area contributed by atoms with Crippen LogP contribution in [0.4, 0.5) is 0 Å². The predicted octanol–water partition coefficient (Wildman–Crippen LogP) is 6.22. The lowest BCUT2D eigenvalue weighted by molar-refractivity contribution is -0.0847. The summed E-state index contributed by atoms with van der Waals surface area (Å²) in [6.45, 7) is 15.1. The summed E-state index contributed by atoms with van der Waals surface area (Å²) in [6, 6.07) is 0. The van der Waals surface area contributed by atoms with Crippen LogP contribution < -0.4 is 0 Å².